The molecular weight excluding hydrogens is 258 g/mol. The quantitative estimate of drug-likeness (QED) is 0.889. The molecule has 116 valence electrons. The summed E-state index contributed by atoms with van der Waals surface area (Å²) in [5.74, 6) is 2.37. The van der Waals surface area contributed by atoms with Gasteiger partial charge >= 0.3 is 0 Å². The molecule has 2 N–H and O–H groups in total. The zero-order chi connectivity index (χ0) is 14.9. The average Bonchev–Trinajstić information content (AvgIpc) is 2.47. The lowest BCUT2D eigenvalue weighted by Crippen LogP contribution is -2.36. The van der Waals surface area contributed by atoms with E-state index in [0.29, 0.717) is 23.3 Å². The van der Waals surface area contributed by atoms with E-state index in [4.69, 9.17) is 10.5 Å². The van der Waals surface area contributed by atoms with Gasteiger partial charge in [-0.15, -0.1) is 0 Å². The van der Waals surface area contributed by atoms with Crippen LogP contribution >= 0.6 is 0 Å². The number of para-hydroxylation sites is 1. The Labute approximate surface area is 129 Å². The molecule has 2 nitrogen and oxygen atoms in total. The molecule has 1 heterocycles. The van der Waals surface area contributed by atoms with E-state index in [1.165, 1.54) is 31.2 Å². The van der Waals surface area contributed by atoms with Gasteiger partial charge in [-0.1, -0.05) is 32.0 Å². The van der Waals surface area contributed by atoms with Crippen LogP contribution in [0.5, 0.6) is 5.75 Å². The molecule has 1 saturated carbocycles. The number of benzene rings is 1. The third kappa shape index (κ3) is 3.42. The Morgan fingerprint density at radius 1 is 1.19 bits per heavy atom. The van der Waals surface area contributed by atoms with E-state index in [1.54, 1.807) is 0 Å². The number of fused-ring (bicyclic) bond motifs is 1. The second-order valence-corrected chi connectivity index (χ2v) is 7.77. The highest BCUT2D eigenvalue weighted by Gasteiger charge is 2.32. The van der Waals surface area contributed by atoms with Crippen LogP contribution in [0.15, 0.2) is 24.3 Å². The van der Waals surface area contributed by atoms with Gasteiger partial charge in [-0.2, -0.15) is 0 Å². The van der Waals surface area contributed by atoms with Gasteiger partial charge in [0.15, 0.2) is 0 Å². The Balaban J connectivity index is 1.62. The van der Waals surface area contributed by atoms with Crippen molar-refractivity contribution in [3.8, 4) is 5.75 Å². The lowest BCUT2D eigenvalue weighted by atomic mass is 9.70. The Kier molecular flexibility index (Phi) is 4.26. The third-order valence-electron chi connectivity index (χ3n) is 5.63. The number of ether oxygens (including phenoxy) is 1. The van der Waals surface area contributed by atoms with Gasteiger partial charge in [0.25, 0.3) is 0 Å². The van der Waals surface area contributed by atoms with Crippen LogP contribution in [0.4, 0.5) is 0 Å². The van der Waals surface area contributed by atoms with Crippen LogP contribution in [-0.4, -0.2) is 12.6 Å². The zero-order valence-electron chi connectivity index (χ0n) is 13.5. The van der Waals surface area contributed by atoms with Crippen molar-refractivity contribution in [1.82, 2.24) is 0 Å². The summed E-state index contributed by atoms with van der Waals surface area (Å²) in [5, 5.41) is 0. The molecule has 0 aromatic heterocycles. The molecule has 0 radical (unpaired) electrons. The summed E-state index contributed by atoms with van der Waals surface area (Å²) in [6.07, 6.45) is 7.50. The molecule has 1 aliphatic heterocycles. The standard InChI is InChI=1S/C19H29NO/c1-19(2)10-7-14(8-11-19)17(20)13-15-9-12-21-18-6-4-3-5-16(15)18/h3-6,14-15,17H,7-13,20H2,1-2H3. The van der Waals surface area contributed by atoms with Gasteiger partial charge in [-0.3, -0.25) is 0 Å². The fraction of sp³-hybridized carbons (Fsp3) is 0.684. The van der Waals surface area contributed by atoms with Gasteiger partial charge in [0.05, 0.1) is 6.61 Å². The summed E-state index contributed by atoms with van der Waals surface area (Å²) >= 11 is 0. The minimum absolute atomic E-state index is 0.345. The predicted molar refractivity (Wildman–Crippen MR) is 87.6 cm³/mol. The van der Waals surface area contributed by atoms with Crippen molar-refractivity contribution < 1.29 is 4.74 Å². The van der Waals surface area contributed by atoms with Crippen molar-refractivity contribution in [3.63, 3.8) is 0 Å². The second kappa shape index (κ2) is 6.00. The molecule has 1 aromatic rings. The minimum Gasteiger partial charge on any atom is -0.493 e. The lowest BCUT2D eigenvalue weighted by molar-refractivity contribution is 0.163. The topological polar surface area (TPSA) is 35.2 Å². The number of hydrogen-bond acceptors (Lipinski definition) is 2. The zero-order valence-corrected chi connectivity index (χ0v) is 13.5. The average molecular weight is 287 g/mol. The van der Waals surface area contributed by atoms with Crippen LogP contribution < -0.4 is 10.5 Å². The van der Waals surface area contributed by atoms with E-state index >= 15 is 0 Å². The maximum atomic E-state index is 6.58. The maximum Gasteiger partial charge on any atom is 0.122 e. The Morgan fingerprint density at radius 3 is 2.67 bits per heavy atom. The molecule has 2 heteroatoms. The van der Waals surface area contributed by atoms with E-state index in [-0.39, 0.29) is 0 Å². The largest absolute Gasteiger partial charge is 0.493 e. The molecule has 2 aliphatic rings. The molecule has 0 spiro atoms. The van der Waals surface area contributed by atoms with Crippen LogP contribution in [0, 0.1) is 11.3 Å². The molecular formula is C19H29NO. The van der Waals surface area contributed by atoms with E-state index in [9.17, 15) is 0 Å². The number of rotatable bonds is 3. The van der Waals surface area contributed by atoms with Crippen LogP contribution in [0.1, 0.15) is 63.9 Å². The van der Waals surface area contributed by atoms with Crippen LogP contribution in [0.25, 0.3) is 0 Å². The fourth-order valence-corrected chi connectivity index (χ4v) is 4.03. The normalized spacial score (nSPS) is 26.7. The summed E-state index contributed by atoms with van der Waals surface area (Å²) in [4.78, 5) is 0. The van der Waals surface area contributed by atoms with Crippen molar-refractivity contribution in [2.75, 3.05) is 6.61 Å². The van der Waals surface area contributed by atoms with Crippen molar-refractivity contribution in [2.45, 2.75) is 64.3 Å². The number of hydrogen-bond donors (Lipinski definition) is 1. The predicted octanol–water partition coefficient (Wildman–Crippen LogP) is 4.49. The first-order valence-electron chi connectivity index (χ1n) is 8.52. The van der Waals surface area contributed by atoms with Gasteiger partial charge in [-0.25, -0.2) is 0 Å². The molecule has 1 aliphatic carbocycles. The Hall–Kier alpha value is -1.02. The van der Waals surface area contributed by atoms with Crippen molar-refractivity contribution in [3.05, 3.63) is 29.8 Å². The number of nitrogens with two attached hydrogens (primary N) is 1. The Morgan fingerprint density at radius 2 is 1.90 bits per heavy atom. The minimum atomic E-state index is 0.345. The van der Waals surface area contributed by atoms with Crippen molar-refractivity contribution >= 4 is 0 Å². The molecule has 2 atom stereocenters. The first-order chi connectivity index (χ1) is 10.1. The lowest BCUT2D eigenvalue weighted by Gasteiger charge is -2.38. The van der Waals surface area contributed by atoms with E-state index in [2.05, 4.69) is 38.1 Å². The monoisotopic (exact) mass is 287 g/mol. The highest BCUT2D eigenvalue weighted by molar-refractivity contribution is 5.37. The molecule has 0 bridgehead atoms. The maximum absolute atomic E-state index is 6.58. The Bertz CT molecular complexity index is 472. The highest BCUT2D eigenvalue weighted by atomic mass is 16.5. The summed E-state index contributed by atoms with van der Waals surface area (Å²) in [6, 6.07) is 8.84. The molecule has 0 amide bonds. The van der Waals surface area contributed by atoms with Gasteiger partial charge in [0, 0.05) is 6.04 Å². The highest BCUT2D eigenvalue weighted by Crippen LogP contribution is 2.42. The molecule has 0 saturated heterocycles. The summed E-state index contributed by atoms with van der Waals surface area (Å²) < 4.78 is 5.77. The molecule has 21 heavy (non-hydrogen) atoms. The smallest absolute Gasteiger partial charge is 0.122 e. The van der Waals surface area contributed by atoms with Crippen LogP contribution in [-0.2, 0) is 0 Å². The van der Waals surface area contributed by atoms with Crippen molar-refractivity contribution in [2.24, 2.45) is 17.1 Å². The van der Waals surface area contributed by atoms with Gasteiger partial charge in [-0.05, 0) is 67.4 Å². The van der Waals surface area contributed by atoms with Crippen LogP contribution in [0.3, 0.4) is 0 Å². The van der Waals surface area contributed by atoms with E-state index in [0.717, 1.165) is 25.2 Å². The molecule has 3 rings (SSSR count). The first-order valence-corrected chi connectivity index (χ1v) is 8.52. The van der Waals surface area contributed by atoms with Gasteiger partial charge in [0.2, 0.25) is 0 Å². The second-order valence-electron chi connectivity index (χ2n) is 7.77. The third-order valence-corrected chi connectivity index (χ3v) is 5.63. The van der Waals surface area contributed by atoms with Gasteiger partial charge in [0.1, 0.15) is 5.75 Å². The first kappa shape index (κ1) is 14.9. The van der Waals surface area contributed by atoms with Gasteiger partial charge < -0.3 is 10.5 Å². The van der Waals surface area contributed by atoms with E-state index < -0.39 is 0 Å². The molecule has 1 fully saturated rings. The summed E-state index contributed by atoms with van der Waals surface area (Å²) in [7, 11) is 0. The fourth-order valence-electron chi connectivity index (χ4n) is 4.03. The van der Waals surface area contributed by atoms with Crippen molar-refractivity contribution in [1.29, 1.82) is 0 Å². The molecule has 2 unspecified atom stereocenters. The van der Waals surface area contributed by atoms with Crippen LogP contribution in [0.2, 0.25) is 0 Å². The SMILES string of the molecule is CC1(C)CCC(C(N)CC2CCOc3ccccc32)CC1. The summed E-state index contributed by atoms with van der Waals surface area (Å²) in [5.41, 5.74) is 8.48. The molecule has 1 aromatic carbocycles. The van der Waals surface area contributed by atoms with E-state index in [1.807, 2.05) is 0 Å². The summed E-state index contributed by atoms with van der Waals surface area (Å²) in [6.45, 7) is 5.62.